The molecule has 0 spiro atoms. The molecular formula is C24H20N4O2S2. The Bertz CT molecular complexity index is 1480. The van der Waals surface area contributed by atoms with Crippen molar-refractivity contribution in [3.63, 3.8) is 0 Å². The van der Waals surface area contributed by atoms with Crippen molar-refractivity contribution in [3.05, 3.63) is 92.4 Å². The zero-order chi connectivity index (χ0) is 22.1. The molecule has 0 saturated heterocycles. The first kappa shape index (κ1) is 20.7. The van der Waals surface area contributed by atoms with Crippen LogP contribution >= 0.6 is 23.1 Å². The van der Waals surface area contributed by atoms with Gasteiger partial charge in [-0.25, -0.2) is 0 Å². The number of ketones is 1. The first-order chi connectivity index (χ1) is 15.7. The number of carbonyl (C=O) groups excluding carboxylic acids is 1. The van der Waals surface area contributed by atoms with E-state index in [2.05, 4.69) is 17.1 Å². The monoisotopic (exact) mass is 460 g/mol. The standard InChI is InChI=1S/C24H20N4O2S2/c1-2-17-12-13-21(32-17)20(29)15-31-24-26-25-23-27(14-16-8-4-3-5-9-16)22(30)18-10-6-7-11-19(18)28(23)24/h3-13H,2,14-15H2,1H3. The van der Waals surface area contributed by atoms with Gasteiger partial charge in [-0.3, -0.25) is 18.6 Å². The van der Waals surface area contributed by atoms with Crippen LogP contribution < -0.4 is 5.56 Å². The Morgan fingerprint density at radius 2 is 1.78 bits per heavy atom. The van der Waals surface area contributed by atoms with E-state index in [1.165, 1.54) is 28.0 Å². The van der Waals surface area contributed by atoms with Gasteiger partial charge in [-0.15, -0.1) is 21.5 Å². The fraction of sp³-hybridized carbons (Fsp3) is 0.167. The van der Waals surface area contributed by atoms with E-state index in [-0.39, 0.29) is 17.1 Å². The minimum atomic E-state index is -0.109. The summed E-state index contributed by atoms with van der Waals surface area (Å²) in [7, 11) is 0. The van der Waals surface area contributed by atoms with Crippen molar-refractivity contribution in [2.24, 2.45) is 0 Å². The minimum Gasteiger partial charge on any atom is -0.292 e. The zero-order valence-corrected chi connectivity index (χ0v) is 19.0. The van der Waals surface area contributed by atoms with Gasteiger partial charge in [-0.2, -0.15) is 0 Å². The highest BCUT2D eigenvalue weighted by atomic mass is 32.2. The van der Waals surface area contributed by atoms with Gasteiger partial charge in [0.15, 0.2) is 10.9 Å². The van der Waals surface area contributed by atoms with E-state index in [4.69, 9.17) is 0 Å². The highest BCUT2D eigenvalue weighted by molar-refractivity contribution is 7.99. The molecule has 32 heavy (non-hydrogen) atoms. The number of benzene rings is 2. The third-order valence-electron chi connectivity index (χ3n) is 5.28. The topological polar surface area (TPSA) is 69.3 Å². The van der Waals surface area contributed by atoms with Crippen molar-refractivity contribution in [2.45, 2.75) is 25.0 Å². The van der Waals surface area contributed by atoms with Crippen LogP contribution in [0.25, 0.3) is 16.7 Å². The summed E-state index contributed by atoms with van der Waals surface area (Å²) in [5.74, 6) is 0.798. The number of aryl methyl sites for hydroxylation is 1. The van der Waals surface area contributed by atoms with E-state index < -0.39 is 0 Å². The van der Waals surface area contributed by atoms with Crippen LogP contribution in [-0.2, 0) is 13.0 Å². The second-order valence-electron chi connectivity index (χ2n) is 7.34. The summed E-state index contributed by atoms with van der Waals surface area (Å²) in [5.41, 5.74) is 1.63. The lowest BCUT2D eigenvalue weighted by Gasteiger charge is -2.11. The Hall–Kier alpha value is -3.23. The molecule has 0 N–H and O–H groups in total. The maximum Gasteiger partial charge on any atom is 0.263 e. The van der Waals surface area contributed by atoms with Crippen LogP contribution in [0.4, 0.5) is 0 Å². The van der Waals surface area contributed by atoms with Crippen LogP contribution in [0.2, 0.25) is 0 Å². The summed E-state index contributed by atoms with van der Waals surface area (Å²) in [6, 6.07) is 21.1. The van der Waals surface area contributed by atoms with Crippen LogP contribution in [0.3, 0.4) is 0 Å². The number of fused-ring (bicyclic) bond motifs is 3. The molecule has 3 aromatic heterocycles. The molecule has 0 fully saturated rings. The van der Waals surface area contributed by atoms with Crippen molar-refractivity contribution < 1.29 is 4.79 Å². The normalized spacial score (nSPS) is 11.4. The largest absolute Gasteiger partial charge is 0.292 e. The summed E-state index contributed by atoms with van der Waals surface area (Å²) in [6.07, 6.45) is 0.921. The number of thiophene rings is 1. The highest BCUT2D eigenvalue weighted by Gasteiger charge is 2.18. The van der Waals surface area contributed by atoms with E-state index in [0.717, 1.165) is 22.4 Å². The van der Waals surface area contributed by atoms with E-state index >= 15 is 0 Å². The van der Waals surface area contributed by atoms with E-state index in [9.17, 15) is 9.59 Å². The van der Waals surface area contributed by atoms with Crippen molar-refractivity contribution in [3.8, 4) is 0 Å². The number of para-hydroxylation sites is 1. The fourth-order valence-corrected chi connectivity index (χ4v) is 5.45. The van der Waals surface area contributed by atoms with E-state index in [1.807, 2.05) is 71.1 Å². The molecular weight excluding hydrogens is 440 g/mol. The molecule has 0 amide bonds. The summed E-state index contributed by atoms with van der Waals surface area (Å²) < 4.78 is 3.52. The molecule has 5 aromatic rings. The lowest BCUT2D eigenvalue weighted by molar-refractivity contribution is 0.102. The Kier molecular flexibility index (Phi) is 5.63. The van der Waals surface area contributed by atoms with Gasteiger partial charge in [0.1, 0.15) is 0 Å². The van der Waals surface area contributed by atoms with Crippen molar-refractivity contribution in [2.75, 3.05) is 5.75 Å². The number of nitrogens with zero attached hydrogens (tertiary/aromatic N) is 4. The predicted molar refractivity (Wildman–Crippen MR) is 129 cm³/mol. The molecule has 3 heterocycles. The van der Waals surface area contributed by atoms with E-state index in [0.29, 0.717) is 22.9 Å². The van der Waals surface area contributed by atoms with Gasteiger partial charge >= 0.3 is 0 Å². The molecule has 6 nitrogen and oxygen atoms in total. The van der Waals surface area contributed by atoms with Gasteiger partial charge in [-0.05, 0) is 36.2 Å². The number of hydrogen-bond donors (Lipinski definition) is 0. The average molecular weight is 461 g/mol. The first-order valence-corrected chi connectivity index (χ1v) is 12.1. The molecule has 0 atom stereocenters. The van der Waals surface area contributed by atoms with Crippen LogP contribution in [0, 0.1) is 0 Å². The maximum atomic E-state index is 13.3. The van der Waals surface area contributed by atoms with Crippen molar-refractivity contribution in [1.82, 2.24) is 19.2 Å². The van der Waals surface area contributed by atoms with Crippen molar-refractivity contribution in [1.29, 1.82) is 0 Å². The van der Waals surface area contributed by atoms with Gasteiger partial charge in [0.25, 0.3) is 5.56 Å². The Balaban J connectivity index is 1.56. The van der Waals surface area contributed by atoms with Gasteiger partial charge in [0.2, 0.25) is 5.78 Å². The van der Waals surface area contributed by atoms with Gasteiger partial charge < -0.3 is 0 Å². The van der Waals surface area contributed by atoms with Gasteiger partial charge in [0.05, 0.1) is 28.1 Å². The number of aromatic nitrogens is 4. The summed E-state index contributed by atoms with van der Waals surface area (Å²) >= 11 is 2.88. The summed E-state index contributed by atoms with van der Waals surface area (Å²) in [6.45, 7) is 2.47. The molecule has 0 aliphatic heterocycles. The molecule has 0 saturated carbocycles. The molecule has 0 bridgehead atoms. The van der Waals surface area contributed by atoms with Crippen LogP contribution in [-0.4, -0.2) is 30.7 Å². The molecule has 160 valence electrons. The van der Waals surface area contributed by atoms with E-state index in [1.54, 1.807) is 4.57 Å². The molecule has 2 aromatic carbocycles. The minimum absolute atomic E-state index is 0.0679. The lowest BCUT2D eigenvalue weighted by atomic mass is 10.2. The third-order valence-corrected chi connectivity index (χ3v) is 7.48. The van der Waals surface area contributed by atoms with Crippen LogP contribution in [0.15, 0.2) is 76.7 Å². The Morgan fingerprint density at radius 1 is 1.00 bits per heavy atom. The fourth-order valence-electron chi connectivity index (χ4n) is 3.65. The third kappa shape index (κ3) is 3.76. The van der Waals surface area contributed by atoms with Crippen LogP contribution in [0.5, 0.6) is 0 Å². The molecule has 8 heteroatoms. The second kappa shape index (κ2) is 8.72. The Morgan fingerprint density at radius 3 is 2.56 bits per heavy atom. The summed E-state index contributed by atoms with van der Waals surface area (Å²) in [4.78, 5) is 27.9. The van der Waals surface area contributed by atoms with Crippen molar-refractivity contribution >= 4 is 45.6 Å². The summed E-state index contributed by atoms with van der Waals surface area (Å²) in [5, 5.41) is 9.87. The number of thioether (sulfide) groups is 1. The highest BCUT2D eigenvalue weighted by Crippen LogP contribution is 2.24. The van der Waals surface area contributed by atoms with Gasteiger partial charge in [-0.1, -0.05) is 61.2 Å². The molecule has 5 rings (SSSR count). The molecule has 0 aliphatic carbocycles. The number of Topliss-reactive ketones (excluding diaryl/α,β-unsaturated/α-hetero) is 1. The van der Waals surface area contributed by atoms with Gasteiger partial charge in [0, 0.05) is 4.88 Å². The quantitative estimate of drug-likeness (QED) is 0.260. The molecule has 0 radical (unpaired) electrons. The number of rotatable bonds is 7. The smallest absolute Gasteiger partial charge is 0.263 e. The molecule has 0 unspecified atom stereocenters. The zero-order valence-electron chi connectivity index (χ0n) is 17.4. The lowest BCUT2D eigenvalue weighted by Crippen LogP contribution is -2.24. The Labute approximate surface area is 192 Å². The number of carbonyl (C=O) groups is 1. The number of hydrogen-bond acceptors (Lipinski definition) is 6. The predicted octanol–water partition coefficient (Wildman–Crippen LogP) is 4.69. The second-order valence-corrected chi connectivity index (χ2v) is 9.45. The average Bonchev–Trinajstić information content (AvgIpc) is 3.48. The first-order valence-electron chi connectivity index (χ1n) is 10.3. The molecule has 0 aliphatic rings. The SMILES string of the molecule is CCc1ccc(C(=O)CSc2nnc3n(Cc4ccccc4)c(=O)c4ccccc4n23)s1. The van der Waals surface area contributed by atoms with Crippen LogP contribution in [0.1, 0.15) is 27.0 Å². The maximum absolute atomic E-state index is 13.3.